The molecule has 0 saturated carbocycles. The van der Waals surface area contributed by atoms with Crippen LogP contribution in [-0.4, -0.2) is 11.1 Å². The van der Waals surface area contributed by atoms with Crippen molar-refractivity contribution in [3.8, 4) is 0 Å². The van der Waals surface area contributed by atoms with Crippen LogP contribution in [0.2, 0.25) is 5.02 Å². The summed E-state index contributed by atoms with van der Waals surface area (Å²) in [5, 5.41) is 6.73. The summed E-state index contributed by atoms with van der Waals surface area (Å²) in [6.07, 6.45) is 2.64. The Morgan fingerprint density at radius 3 is 2.76 bits per heavy atom. The van der Waals surface area contributed by atoms with Gasteiger partial charge in [-0.1, -0.05) is 22.8 Å². The summed E-state index contributed by atoms with van der Waals surface area (Å²) in [4.78, 5) is 11.8. The third-order valence-corrected chi connectivity index (χ3v) is 2.66. The van der Waals surface area contributed by atoms with Crippen molar-refractivity contribution >= 4 is 23.2 Å². The van der Waals surface area contributed by atoms with Crippen LogP contribution in [0.5, 0.6) is 0 Å². The van der Waals surface area contributed by atoms with E-state index in [2.05, 4.69) is 15.0 Å². The first kappa shape index (κ1) is 11.7. The summed E-state index contributed by atoms with van der Waals surface area (Å²) in [7, 11) is 0. The second kappa shape index (κ2) is 4.59. The number of carbonyl (C=O) groups is 1. The topological polar surface area (TPSA) is 55.1 Å². The first-order valence-corrected chi connectivity index (χ1v) is 5.43. The lowest BCUT2D eigenvalue weighted by molar-refractivity contribution is 0.102. The number of halogens is 1. The molecule has 2 aromatic rings. The third kappa shape index (κ3) is 2.47. The SMILES string of the molecule is Cc1cc(C)c(NC(=O)c2cnoc2)c(Cl)c1. The van der Waals surface area contributed by atoms with Crippen molar-refractivity contribution in [3.63, 3.8) is 0 Å². The Balaban J connectivity index is 2.28. The molecule has 1 amide bonds. The van der Waals surface area contributed by atoms with Gasteiger partial charge in [-0.2, -0.15) is 0 Å². The van der Waals surface area contributed by atoms with Crippen LogP contribution in [0.1, 0.15) is 21.5 Å². The minimum absolute atomic E-state index is 0.292. The fraction of sp³-hybridized carbons (Fsp3) is 0.167. The summed E-state index contributed by atoms with van der Waals surface area (Å²) < 4.78 is 4.61. The Hall–Kier alpha value is -1.81. The Morgan fingerprint density at radius 1 is 1.41 bits per heavy atom. The molecule has 0 aliphatic carbocycles. The van der Waals surface area contributed by atoms with Gasteiger partial charge in [-0.25, -0.2) is 0 Å². The maximum atomic E-state index is 11.8. The van der Waals surface area contributed by atoms with Gasteiger partial charge in [0.15, 0.2) is 0 Å². The van der Waals surface area contributed by atoms with Crippen molar-refractivity contribution in [2.75, 3.05) is 5.32 Å². The van der Waals surface area contributed by atoms with E-state index < -0.39 is 0 Å². The van der Waals surface area contributed by atoms with Crippen molar-refractivity contribution in [1.82, 2.24) is 5.16 Å². The summed E-state index contributed by atoms with van der Waals surface area (Å²) in [6, 6.07) is 3.76. The monoisotopic (exact) mass is 250 g/mol. The lowest BCUT2D eigenvalue weighted by atomic mass is 10.1. The van der Waals surface area contributed by atoms with Gasteiger partial charge in [0.05, 0.1) is 22.5 Å². The molecule has 5 heteroatoms. The highest BCUT2D eigenvalue weighted by Gasteiger charge is 2.12. The molecule has 0 bridgehead atoms. The zero-order chi connectivity index (χ0) is 12.4. The number of anilines is 1. The van der Waals surface area contributed by atoms with E-state index in [9.17, 15) is 4.79 Å². The van der Waals surface area contributed by atoms with Gasteiger partial charge in [0.1, 0.15) is 6.26 Å². The van der Waals surface area contributed by atoms with Gasteiger partial charge in [0.2, 0.25) is 0 Å². The molecule has 88 valence electrons. The molecule has 2 rings (SSSR count). The largest absolute Gasteiger partial charge is 0.364 e. The fourth-order valence-corrected chi connectivity index (χ4v) is 1.95. The Bertz CT molecular complexity index is 527. The second-order valence-electron chi connectivity index (χ2n) is 3.81. The van der Waals surface area contributed by atoms with Crippen LogP contribution in [0.4, 0.5) is 5.69 Å². The van der Waals surface area contributed by atoms with Crippen molar-refractivity contribution in [3.05, 3.63) is 46.3 Å². The van der Waals surface area contributed by atoms with Crippen LogP contribution < -0.4 is 5.32 Å². The highest BCUT2D eigenvalue weighted by molar-refractivity contribution is 6.34. The lowest BCUT2D eigenvalue weighted by Crippen LogP contribution is -2.12. The van der Waals surface area contributed by atoms with E-state index in [4.69, 9.17) is 11.6 Å². The number of benzene rings is 1. The van der Waals surface area contributed by atoms with Crippen molar-refractivity contribution < 1.29 is 9.32 Å². The normalized spacial score (nSPS) is 10.3. The molecule has 0 spiro atoms. The molecule has 0 radical (unpaired) electrons. The van der Waals surface area contributed by atoms with Gasteiger partial charge < -0.3 is 9.84 Å². The molecule has 0 saturated heterocycles. The molecular weight excluding hydrogens is 240 g/mol. The zero-order valence-corrected chi connectivity index (χ0v) is 10.2. The predicted octanol–water partition coefficient (Wildman–Crippen LogP) is 3.20. The quantitative estimate of drug-likeness (QED) is 0.891. The molecular formula is C12H11ClN2O2. The molecule has 4 nitrogen and oxygen atoms in total. The van der Waals surface area contributed by atoms with E-state index in [1.54, 1.807) is 6.07 Å². The van der Waals surface area contributed by atoms with E-state index in [-0.39, 0.29) is 5.91 Å². The van der Waals surface area contributed by atoms with Crippen LogP contribution in [-0.2, 0) is 0 Å². The van der Waals surface area contributed by atoms with Gasteiger partial charge >= 0.3 is 0 Å². The summed E-state index contributed by atoms with van der Waals surface area (Å²) >= 11 is 6.09. The first-order chi connectivity index (χ1) is 8.08. The van der Waals surface area contributed by atoms with Gasteiger partial charge in [0.25, 0.3) is 5.91 Å². The zero-order valence-electron chi connectivity index (χ0n) is 9.45. The van der Waals surface area contributed by atoms with Crippen LogP contribution >= 0.6 is 11.6 Å². The maximum absolute atomic E-state index is 11.8. The van der Waals surface area contributed by atoms with Crippen molar-refractivity contribution in [1.29, 1.82) is 0 Å². The number of hydrogen-bond donors (Lipinski definition) is 1. The molecule has 1 N–H and O–H groups in total. The Morgan fingerprint density at radius 2 is 2.18 bits per heavy atom. The van der Waals surface area contributed by atoms with E-state index in [0.29, 0.717) is 16.3 Å². The number of aryl methyl sites for hydroxylation is 2. The number of hydrogen-bond acceptors (Lipinski definition) is 3. The number of nitrogens with one attached hydrogen (secondary N) is 1. The van der Waals surface area contributed by atoms with Crippen molar-refractivity contribution in [2.24, 2.45) is 0 Å². The first-order valence-electron chi connectivity index (χ1n) is 5.05. The summed E-state index contributed by atoms with van der Waals surface area (Å²) in [5.41, 5.74) is 2.94. The lowest BCUT2D eigenvalue weighted by Gasteiger charge is -2.10. The molecule has 17 heavy (non-hydrogen) atoms. The minimum Gasteiger partial charge on any atom is -0.364 e. The van der Waals surface area contributed by atoms with E-state index in [1.165, 1.54) is 12.5 Å². The smallest absolute Gasteiger partial charge is 0.260 e. The predicted molar refractivity (Wildman–Crippen MR) is 65.4 cm³/mol. The molecule has 1 heterocycles. The molecule has 0 aliphatic heterocycles. The number of carbonyl (C=O) groups excluding carboxylic acids is 1. The summed E-state index contributed by atoms with van der Waals surface area (Å²) in [5.74, 6) is -0.292. The number of nitrogens with zero attached hydrogens (tertiary/aromatic N) is 1. The average Bonchev–Trinajstić information content (AvgIpc) is 2.76. The standard InChI is InChI=1S/C12H11ClN2O2/c1-7-3-8(2)11(10(13)4-7)15-12(16)9-5-14-17-6-9/h3-6H,1-2H3,(H,15,16). The summed E-state index contributed by atoms with van der Waals surface area (Å²) in [6.45, 7) is 3.84. The van der Waals surface area contributed by atoms with Gasteiger partial charge in [-0.05, 0) is 31.0 Å². The number of aromatic nitrogens is 1. The second-order valence-corrected chi connectivity index (χ2v) is 4.21. The van der Waals surface area contributed by atoms with Crippen LogP contribution in [0.25, 0.3) is 0 Å². The van der Waals surface area contributed by atoms with E-state index in [0.717, 1.165) is 11.1 Å². The van der Waals surface area contributed by atoms with Crippen LogP contribution in [0.15, 0.2) is 29.1 Å². The van der Waals surface area contributed by atoms with E-state index >= 15 is 0 Å². The van der Waals surface area contributed by atoms with Crippen LogP contribution in [0, 0.1) is 13.8 Å². The molecule has 1 aromatic carbocycles. The Kier molecular flexibility index (Phi) is 3.15. The molecule has 0 fully saturated rings. The fourth-order valence-electron chi connectivity index (χ4n) is 1.58. The molecule has 0 unspecified atom stereocenters. The van der Waals surface area contributed by atoms with Crippen LogP contribution in [0.3, 0.4) is 0 Å². The van der Waals surface area contributed by atoms with Crippen molar-refractivity contribution in [2.45, 2.75) is 13.8 Å². The molecule has 0 atom stereocenters. The average molecular weight is 251 g/mol. The minimum atomic E-state index is -0.292. The highest BCUT2D eigenvalue weighted by atomic mass is 35.5. The molecule has 0 aliphatic rings. The van der Waals surface area contributed by atoms with Gasteiger partial charge in [-0.15, -0.1) is 0 Å². The maximum Gasteiger partial charge on any atom is 0.260 e. The van der Waals surface area contributed by atoms with E-state index in [1.807, 2.05) is 19.9 Å². The molecule has 1 aromatic heterocycles. The van der Waals surface area contributed by atoms with Gasteiger partial charge in [0, 0.05) is 0 Å². The van der Waals surface area contributed by atoms with Gasteiger partial charge in [-0.3, -0.25) is 4.79 Å². The number of amides is 1. The third-order valence-electron chi connectivity index (χ3n) is 2.36. The number of rotatable bonds is 2. The Labute approximate surface area is 104 Å². The highest BCUT2D eigenvalue weighted by Crippen LogP contribution is 2.27.